The highest BCUT2D eigenvalue weighted by molar-refractivity contribution is 6.08. The van der Waals surface area contributed by atoms with E-state index in [1.165, 1.54) is 0 Å². The van der Waals surface area contributed by atoms with Crippen molar-refractivity contribution in [1.29, 1.82) is 0 Å². The minimum Gasteiger partial charge on any atom is -0.329 e. The molecule has 2 aliphatic heterocycles. The van der Waals surface area contributed by atoms with E-state index in [9.17, 15) is 9.59 Å². The van der Waals surface area contributed by atoms with Gasteiger partial charge in [-0.3, -0.25) is 19.5 Å². The zero-order valence-electron chi connectivity index (χ0n) is 12.8. The molecule has 5 nitrogen and oxygen atoms in total. The van der Waals surface area contributed by atoms with Crippen LogP contribution in [0.15, 0.2) is 12.1 Å². The lowest BCUT2D eigenvalue weighted by Crippen LogP contribution is -2.65. The van der Waals surface area contributed by atoms with E-state index in [2.05, 4.69) is 4.98 Å². The molecule has 0 aliphatic carbocycles. The summed E-state index contributed by atoms with van der Waals surface area (Å²) >= 11 is 0. The molecule has 1 aromatic heterocycles. The summed E-state index contributed by atoms with van der Waals surface area (Å²) in [5.74, 6) is 0.0924. The van der Waals surface area contributed by atoms with Crippen LogP contribution in [0.5, 0.6) is 0 Å². The molecular weight excluding hydrogens is 266 g/mol. The van der Waals surface area contributed by atoms with E-state index in [-0.39, 0.29) is 17.9 Å². The molecule has 0 spiro atoms. The molecule has 2 atom stereocenters. The van der Waals surface area contributed by atoms with Gasteiger partial charge in [0.2, 0.25) is 5.91 Å². The largest absolute Gasteiger partial charge is 0.329 e. The molecule has 3 heterocycles. The highest BCUT2D eigenvalue weighted by atomic mass is 16.2. The molecule has 2 unspecified atom stereocenters. The SMILES string of the molecule is Cc1ccc(N2C(=O)C3CCCCN3C(=O)C2C)c(C)n1. The van der Waals surface area contributed by atoms with Gasteiger partial charge >= 0.3 is 0 Å². The van der Waals surface area contributed by atoms with Gasteiger partial charge in [-0.2, -0.15) is 0 Å². The highest BCUT2D eigenvalue weighted by Crippen LogP contribution is 2.31. The second-order valence-corrected chi connectivity index (χ2v) is 5.98. The Hall–Kier alpha value is -1.91. The molecule has 0 N–H and O–H groups in total. The second kappa shape index (κ2) is 5.13. The van der Waals surface area contributed by atoms with E-state index in [1.54, 1.807) is 9.80 Å². The molecule has 3 rings (SSSR count). The number of piperidine rings is 1. The lowest BCUT2D eigenvalue weighted by molar-refractivity contribution is -0.147. The first-order chi connectivity index (χ1) is 10.0. The highest BCUT2D eigenvalue weighted by Gasteiger charge is 2.45. The number of aryl methyl sites for hydroxylation is 2. The third kappa shape index (κ3) is 2.20. The van der Waals surface area contributed by atoms with Gasteiger partial charge in [0, 0.05) is 12.2 Å². The predicted molar refractivity (Wildman–Crippen MR) is 80.0 cm³/mol. The summed E-state index contributed by atoms with van der Waals surface area (Å²) in [5, 5.41) is 0. The molecule has 0 bridgehead atoms. The number of aromatic nitrogens is 1. The molecule has 0 radical (unpaired) electrons. The summed E-state index contributed by atoms with van der Waals surface area (Å²) in [5.41, 5.74) is 2.47. The Bertz CT molecular complexity index is 599. The van der Waals surface area contributed by atoms with E-state index in [0.717, 1.165) is 36.3 Å². The van der Waals surface area contributed by atoms with Gasteiger partial charge in [-0.25, -0.2) is 0 Å². The molecule has 112 valence electrons. The molecule has 1 aromatic rings. The van der Waals surface area contributed by atoms with E-state index < -0.39 is 6.04 Å². The number of hydrogen-bond donors (Lipinski definition) is 0. The Kier molecular flexibility index (Phi) is 3.43. The lowest BCUT2D eigenvalue weighted by Gasteiger charge is -2.46. The number of nitrogens with zero attached hydrogens (tertiary/aromatic N) is 3. The van der Waals surface area contributed by atoms with Crippen molar-refractivity contribution >= 4 is 17.5 Å². The molecule has 5 heteroatoms. The molecule has 0 aromatic carbocycles. The molecule has 2 fully saturated rings. The van der Waals surface area contributed by atoms with Gasteiger partial charge in [0.25, 0.3) is 5.91 Å². The number of fused-ring (bicyclic) bond motifs is 1. The minimum atomic E-state index is -0.449. The first-order valence-corrected chi connectivity index (χ1v) is 7.58. The van der Waals surface area contributed by atoms with Crippen LogP contribution in [0, 0.1) is 13.8 Å². The summed E-state index contributed by atoms with van der Waals surface area (Å²) < 4.78 is 0. The van der Waals surface area contributed by atoms with E-state index in [0.29, 0.717) is 6.54 Å². The fraction of sp³-hybridized carbons (Fsp3) is 0.562. The third-order valence-corrected chi connectivity index (χ3v) is 4.51. The zero-order chi connectivity index (χ0) is 15.1. The van der Waals surface area contributed by atoms with Crippen molar-refractivity contribution in [2.75, 3.05) is 11.4 Å². The third-order valence-electron chi connectivity index (χ3n) is 4.51. The van der Waals surface area contributed by atoms with Gasteiger partial charge in [-0.05, 0) is 52.2 Å². The maximum atomic E-state index is 12.9. The van der Waals surface area contributed by atoms with Crippen molar-refractivity contribution in [3.63, 3.8) is 0 Å². The van der Waals surface area contributed by atoms with Crippen molar-refractivity contribution in [1.82, 2.24) is 9.88 Å². The van der Waals surface area contributed by atoms with Crippen molar-refractivity contribution in [3.8, 4) is 0 Å². The van der Waals surface area contributed by atoms with E-state index in [1.807, 2.05) is 32.9 Å². The Morgan fingerprint density at radius 3 is 2.62 bits per heavy atom. The average molecular weight is 287 g/mol. The Balaban J connectivity index is 2.01. The Labute approximate surface area is 124 Å². The number of piperazine rings is 1. The van der Waals surface area contributed by atoms with Crippen LogP contribution < -0.4 is 4.90 Å². The van der Waals surface area contributed by atoms with Gasteiger partial charge in [0.05, 0.1) is 11.4 Å². The average Bonchev–Trinajstić information content (AvgIpc) is 2.47. The number of amides is 2. The molecule has 2 saturated heterocycles. The van der Waals surface area contributed by atoms with E-state index >= 15 is 0 Å². The van der Waals surface area contributed by atoms with Crippen molar-refractivity contribution in [2.45, 2.75) is 52.1 Å². The van der Waals surface area contributed by atoms with Crippen LogP contribution in [0.25, 0.3) is 0 Å². The van der Waals surface area contributed by atoms with Crippen LogP contribution >= 0.6 is 0 Å². The molecule has 2 aliphatic rings. The van der Waals surface area contributed by atoms with E-state index in [4.69, 9.17) is 0 Å². The van der Waals surface area contributed by atoms with Gasteiger partial charge in [-0.1, -0.05) is 0 Å². The topological polar surface area (TPSA) is 53.5 Å². The zero-order valence-corrected chi connectivity index (χ0v) is 12.8. The van der Waals surface area contributed by atoms with Gasteiger partial charge < -0.3 is 4.90 Å². The van der Waals surface area contributed by atoms with Crippen molar-refractivity contribution in [3.05, 3.63) is 23.5 Å². The normalized spacial score (nSPS) is 26.0. The first-order valence-electron chi connectivity index (χ1n) is 7.58. The number of pyridine rings is 1. The summed E-state index contributed by atoms with van der Waals surface area (Å²) in [4.78, 5) is 33.3. The summed E-state index contributed by atoms with van der Waals surface area (Å²) in [7, 11) is 0. The number of hydrogen-bond acceptors (Lipinski definition) is 3. The Morgan fingerprint density at radius 2 is 1.90 bits per heavy atom. The van der Waals surface area contributed by atoms with Crippen LogP contribution in [0.4, 0.5) is 5.69 Å². The summed E-state index contributed by atoms with van der Waals surface area (Å²) in [6, 6.07) is 3.05. The fourth-order valence-corrected chi connectivity index (χ4v) is 3.42. The second-order valence-electron chi connectivity index (χ2n) is 5.98. The number of rotatable bonds is 1. The molecular formula is C16H21N3O2. The lowest BCUT2D eigenvalue weighted by atomic mass is 9.95. The number of carbonyl (C=O) groups excluding carboxylic acids is 2. The Morgan fingerprint density at radius 1 is 1.14 bits per heavy atom. The molecule has 0 saturated carbocycles. The number of anilines is 1. The minimum absolute atomic E-state index is 0.0375. The van der Waals surface area contributed by atoms with Gasteiger partial charge in [0.15, 0.2) is 0 Å². The van der Waals surface area contributed by atoms with Crippen LogP contribution in [-0.2, 0) is 9.59 Å². The van der Waals surface area contributed by atoms with Crippen molar-refractivity contribution < 1.29 is 9.59 Å². The smallest absolute Gasteiger partial charge is 0.250 e. The van der Waals surface area contributed by atoms with Crippen LogP contribution in [0.2, 0.25) is 0 Å². The van der Waals surface area contributed by atoms with Gasteiger partial charge in [-0.15, -0.1) is 0 Å². The molecule has 2 amide bonds. The predicted octanol–water partition coefficient (Wildman–Crippen LogP) is 1.81. The quantitative estimate of drug-likeness (QED) is 0.791. The molecule has 21 heavy (non-hydrogen) atoms. The summed E-state index contributed by atoms with van der Waals surface area (Å²) in [6.45, 7) is 6.33. The van der Waals surface area contributed by atoms with Crippen LogP contribution in [0.3, 0.4) is 0 Å². The maximum absolute atomic E-state index is 12.9. The van der Waals surface area contributed by atoms with Crippen LogP contribution in [0.1, 0.15) is 37.6 Å². The van der Waals surface area contributed by atoms with Gasteiger partial charge in [0.1, 0.15) is 12.1 Å². The standard InChI is InChI=1S/C16H21N3O2/c1-10-7-8-13(11(2)17-10)19-12(3)15(20)18-9-5-4-6-14(18)16(19)21/h7-8,12,14H,4-6,9H2,1-3H3. The number of carbonyl (C=O) groups is 2. The monoisotopic (exact) mass is 287 g/mol. The maximum Gasteiger partial charge on any atom is 0.250 e. The summed E-state index contributed by atoms with van der Waals surface area (Å²) in [6.07, 6.45) is 2.77. The van der Waals surface area contributed by atoms with Crippen molar-refractivity contribution in [2.24, 2.45) is 0 Å². The first kappa shape index (κ1) is 14.0. The van der Waals surface area contributed by atoms with Crippen LogP contribution in [-0.4, -0.2) is 40.3 Å². The fourth-order valence-electron chi connectivity index (χ4n) is 3.42.